The topological polar surface area (TPSA) is 127 Å². The number of amides is 2. The number of hydrogen-bond donors (Lipinski definition) is 3. The number of nitro benzene ring substituents is 1. The Bertz CT molecular complexity index is 576. The van der Waals surface area contributed by atoms with Crippen LogP contribution >= 0.6 is 0 Å². The molecular formula is C11H13FN4O4. The number of hydrogen-bond acceptors (Lipinski definition) is 5. The lowest BCUT2D eigenvalue weighted by Crippen LogP contribution is -2.42. The van der Waals surface area contributed by atoms with E-state index in [0.717, 1.165) is 6.07 Å². The Balaban J connectivity index is 3.24. The number of anilines is 1. The van der Waals surface area contributed by atoms with E-state index in [2.05, 4.69) is 10.6 Å². The zero-order valence-corrected chi connectivity index (χ0v) is 10.8. The Morgan fingerprint density at radius 3 is 2.50 bits per heavy atom. The van der Waals surface area contributed by atoms with Gasteiger partial charge in [0.1, 0.15) is 11.6 Å². The standard InChI is InChI=1S/C11H13FN4O4/c1-5(10(13)17)15-11(18)6-3-8(14-2)7(12)4-9(6)16(19)20/h3-5,14H,1-2H3,(H2,13,17)(H,15,18). The van der Waals surface area contributed by atoms with Crippen molar-refractivity contribution in [1.82, 2.24) is 5.32 Å². The third-order valence-electron chi connectivity index (χ3n) is 2.57. The lowest BCUT2D eigenvalue weighted by molar-refractivity contribution is -0.385. The SMILES string of the molecule is CNc1cc(C(=O)NC(C)C(N)=O)c([N+](=O)[O-])cc1F. The summed E-state index contributed by atoms with van der Waals surface area (Å²) in [4.78, 5) is 32.7. The van der Waals surface area contributed by atoms with Crippen LogP contribution in [0.4, 0.5) is 15.8 Å². The number of primary amides is 1. The van der Waals surface area contributed by atoms with Gasteiger partial charge in [-0.1, -0.05) is 0 Å². The molecule has 0 aliphatic rings. The zero-order chi connectivity index (χ0) is 15.4. The van der Waals surface area contributed by atoms with Gasteiger partial charge in [-0.05, 0) is 13.0 Å². The molecule has 9 heteroatoms. The minimum atomic E-state index is -1.01. The summed E-state index contributed by atoms with van der Waals surface area (Å²) in [6.07, 6.45) is 0. The molecule has 0 bridgehead atoms. The van der Waals surface area contributed by atoms with Gasteiger partial charge in [-0.2, -0.15) is 0 Å². The Hall–Kier alpha value is -2.71. The van der Waals surface area contributed by atoms with Gasteiger partial charge in [-0.3, -0.25) is 19.7 Å². The van der Waals surface area contributed by atoms with Crippen molar-refractivity contribution in [3.8, 4) is 0 Å². The molecule has 0 fully saturated rings. The van der Waals surface area contributed by atoms with Crippen molar-refractivity contribution >= 4 is 23.2 Å². The smallest absolute Gasteiger partial charge is 0.285 e. The van der Waals surface area contributed by atoms with Crippen LogP contribution in [0, 0.1) is 15.9 Å². The molecule has 1 rings (SSSR count). The molecule has 4 N–H and O–H groups in total. The lowest BCUT2D eigenvalue weighted by Gasteiger charge is -2.11. The summed E-state index contributed by atoms with van der Waals surface area (Å²) in [7, 11) is 1.40. The van der Waals surface area contributed by atoms with E-state index in [1.54, 1.807) is 0 Å². The van der Waals surface area contributed by atoms with E-state index in [1.165, 1.54) is 14.0 Å². The van der Waals surface area contributed by atoms with Crippen LogP contribution in [0.3, 0.4) is 0 Å². The van der Waals surface area contributed by atoms with Crippen molar-refractivity contribution in [2.24, 2.45) is 5.73 Å². The molecular weight excluding hydrogens is 271 g/mol. The second kappa shape index (κ2) is 5.95. The van der Waals surface area contributed by atoms with Gasteiger partial charge >= 0.3 is 0 Å². The van der Waals surface area contributed by atoms with Crippen LogP contribution in [0.25, 0.3) is 0 Å². The molecule has 20 heavy (non-hydrogen) atoms. The van der Waals surface area contributed by atoms with Crippen LogP contribution in [0.1, 0.15) is 17.3 Å². The van der Waals surface area contributed by atoms with E-state index in [9.17, 15) is 24.1 Å². The van der Waals surface area contributed by atoms with Gasteiger partial charge < -0.3 is 16.4 Å². The Morgan fingerprint density at radius 1 is 1.45 bits per heavy atom. The van der Waals surface area contributed by atoms with E-state index in [4.69, 9.17) is 5.73 Å². The fourth-order valence-electron chi connectivity index (χ4n) is 1.43. The summed E-state index contributed by atoms with van der Waals surface area (Å²) >= 11 is 0. The summed E-state index contributed by atoms with van der Waals surface area (Å²) in [5.41, 5.74) is 3.84. The molecule has 8 nitrogen and oxygen atoms in total. The monoisotopic (exact) mass is 284 g/mol. The molecule has 0 saturated carbocycles. The second-order valence-electron chi connectivity index (χ2n) is 3.95. The van der Waals surface area contributed by atoms with E-state index < -0.39 is 34.3 Å². The predicted molar refractivity (Wildman–Crippen MR) is 68.7 cm³/mol. The van der Waals surface area contributed by atoms with Crippen LogP contribution in [0.15, 0.2) is 12.1 Å². The van der Waals surface area contributed by atoms with E-state index in [-0.39, 0.29) is 11.3 Å². The minimum absolute atomic E-state index is 0.0764. The van der Waals surface area contributed by atoms with Crippen molar-refractivity contribution in [1.29, 1.82) is 0 Å². The molecule has 108 valence electrons. The minimum Gasteiger partial charge on any atom is -0.386 e. The number of nitrogens with one attached hydrogen (secondary N) is 2. The van der Waals surface area contributed by atoms with Crippen LogP contribution in [0.5, 0.6) is 0 Å². The summed E-state index contributed by atoms with van der Waals surface area (Å²) in [5.74, 6) is -2.55. The van der Waals surface area contributed by atoms with E-state index in [1.807, 2.05) is 0 Å². The van der Waals surface area contributed by atoms with E-state index >= 15 is 0 Å². The van der Waals surface area contributed by atoms with Crippen molar-refractivity contribution in [3.63, 3.8) is 0 Å². The Kier molecular flexibility index (Phi) is 4.57. The van der Waals surface area contributed by atoms with Crippen LogP contribution in [-0.2, 0) is 4.79 Å². The molecule has 0 heterocycles. The molecule has 0 aliphatic carbocycles. The van der Waals surface area contributed by atoms with Crippen LogP contribution in [-0.4, -0.2) is 29.8 Å². The van der Waals surface area contributed by atoms with Gasteiger partial charge in [0, 0.05) is 7.05 Å². The highest BCUT2D eigenvalue weighted by molar-refractivity contribution is 6.01. The number of benzene rings is 1. The fourth-order valence-corrected chi connectivity index (χ4v) is 1.43. The third kappa shape index (κ3) is 3.19. The van der Waals surface area contributed by atoms with Gasteiger partial charge in [-0.25, -0.2) is 4.39 Å². The maximum Gasteiger partial charge on any atom is 0.285 e. The predicted octanol–water partition coefficient (Wildman–Crippen LogP) is 0.379. The van der Waals surface area contributed by atoms with Gasteiger partial charge in [0.2, 0.25) is 5.91 Å². The summed E-state index contributed by atoms with van der Waals surface area (Å²) in [6.45, 7) is 1.33. The summed E-state index contributed by atoms with van der Waals surface area (Å²) in [5, 5.41) is 15.5. The average molecular weight is 284 g/mol. The van der Waals surface area contributed by atoms with Gasteiger partial charge in [0.05, 0.1) is 16.7 Å². The van der Waals surface area contributed by atoms with Crippen molar-refractivity contribution in [2.75, 3.05) is 12.4 Å². The molecule has 0 aliphatic heterocycles. The largest absolute Gasteiger partial charge is 0.386 e. The highest BCUT2D eigenvalue weighted by Crippen LogP contribution is 2.25. The van der Waals surface area contributed by atoms with E-state index in [0.29, 0.717) is 6.07 Å². The summed E-state index contributed by atoms with van der Waals surface area (Å²) in [6, 6.07) is 0.622. The Labute approximate surface area is 113 Å². The first-order chi connectivity index (χ1) is 9.27. The third-order valence-corrected chi connectivity index (χ3v) is 2.57. The molecule has 1 unspecified atom stereocenters. The molecule has 1 aromatic rings. The second-order valence-corrected chi connectivity index (χ2v) is 3.95. The van der Waals surface area contributed by atoms with Crippen LogP contribution in [0.2, 0.25) is 0 Å². The van der Waals surface area contributed by atoms with Gasteiger partial charge in [0.25, 0.3) is 11.6 Å². The fraction of sp³-hybridized carbons (Fsp3) is 0.273. The number of nitro groups is 1. The lowest BCUT2D eigenvalue weighted by atomic mass is 10.1. The molecule has 0 spiro atoms. The highest BCUT2D eigenvalue weighted by Gasteiger charge is 2.25. The first-order valence-corrected chi connectivity index (χ1v) is 5.53. The normalized spacial score (nSPS) is 11.6. The molecule has 1 aromatic carbocycles. The van der Waals surface area contributed by atoms with Gasteiger partial charge in [0.15, 0.2) is 5.82 Å². The maximum atomic E-state index is 13.5. The average Bonchev–Trinajstić information content (AvgIpc) is 2.37. The molecule has 0 radical (unpaired) electrons. The number of carbonyl (C=O) groups is 2. The number of nitrogens with two attached hydrogens (primary N) is 1. The van der Waals surface area contributed by atoms with Gasteiger partial charge in [-0.15, -0.1) is 0 Å². The quantitative estimate of drug-likeness (QED) is 0.532. The van der Waals surface area contributed by atoms with Crippen LogP contribution < -0.4 is 16.4 Å². The highest BCUT2D eigenvalue weighted by atomic mass is 19.1. The Morgan fingerprint density at radius 2 is 2.05 bits per heavy atom. The summed E-state index contributed by atoms with van der Waals surface area (Å²) < 4.78 is 13.5. The van der Waals surface area contributed by atoms with Crippen molar-refractivity contribution < 1.29 is 18.9 Å². The molecule has 0 saturated heterocycles. The number of carbonyl (C=O) groups excluding carboxylic acids is 2. The molecule has 1 atom stereocenters. The number of halogens is 1. The molecule has 2 amide bonds. The van der Waals surface area contributed by atoms with Crippen molar-refractivity contribution in [3.05, 3.63) is 33.6 Å². The van der Waals surface area contributed by atoms with Crippen molar-refractivity contribution in [2.45, 2.75) is 13.0 Å². The first-order valence-electron chi connectivity index (χ1n) is 5.53. The number of rotatable bonds is 5. The number of nitrogens with zero attached hydrogens (tertiary/aromatic N) is 1. The zero-order valence-electron chi connectivity index (χ0n) is 10.8. The molecule has 0 aromatic heterocycles. The maximum absolute atomic E-state index is 13.5. The first kappa shape index (κ1) is 15.3.